The second-order valence-electron chi connectivity index (χ2n) is 5.59. The molecule has 1 aliphatic carbocycles. The molecule has 17 heavy (non-hydrogen) atoms. The van der Waals surface area contributed by atoms with E-state index in [0.29, 0.717) is 6.04 Å². The predicted octanol–water partition coefficient (Wildman–Crippen LogP) is 3.61. The van der Waals surface area contributed by atoms with Gasteiger partial charge in [-0.25, -0.2) is 0 Å². The van der Waals surface area contributed by atoms with Crippen LogP contribution in [0.2, 0.25) is 0 Å². The molecule has 1 aliphatic rings. The molecule has 1 N–H and O–H groups in total. The average molecular weight is 241 g/mol. The van der Waals surface area contributed by atoms with Crippen LogP contribution in [-0.2, 0) is 4.74 Å². The van der Waals surface area contributed by atoms with Crippen molar-refractivity contribution >= 4 is 0 Å². The van der Waals surface area contributed by atoms with E-state index in [2.05, 4.69) is 26.1 Å². The molecule has 0 aromatic carbocycles. The molecule has 0 aromatic rings. The lowest BCUT2D eigenvalue weighted by Gasteiger charge is -2.33. The van der Waals surface area contributed by atoms with Gasteiger partial charge in [-0.05, 0) is 44.1 Å². The lowest BCUT2D eigenvalue weighted by molar-refractivity contribution is 0.110. The third-order valence-electron chi connectivity index (χ3n) is 4.02. The summed E-state index contributed by atoms with van der Waals surface area (Å²) in [5.74, 6) is 1.83. The zero-order valence-electron chi connectivity index (χ0n) is 12.0. The fourth-order valence-electron chi connectivity index (χ4n) is 2.91. The quantitative estimate of drug-likeness (QED) is 0.656. The van der Waals surface area contributed by atoms with Crippen LogP contribution in [0.3, 0.4) is 0 Å². The third-order valence-corrected chi connectivity index (χ3v) is 4.02. The predicted molar refractivity (Wildman–Crippen MR) is 74.3 cm³/mol. The van der Waals surface area contributed by atoms with Crippen molar-refractivity contribution < 1.29 is 4.74 Å². The highest BCUT2D eigenvalue weighted by molar-refractivity contribution is 4.80. The molecule has 0 bridgehead atoms. The molecule has 1 rings (SSSR count). The Hall–Kier alpha value is -0.0800. The van der Waals surface area contributed by atoms with E-state index >= 15 is 0 Å². The van der Waals surface area contributed by atoms with E-state index in [0.717, 1.165) is 38.0 Å². The first-order chi connectivity index (χ1) is 8.27. The Morgan fingerprint density at radius 3 is 2.41 bits per heavy atom. The zero-order chi connectivity index (χ0) is 12.5. The van der Waals surface area contributed by atoms with Crippen molar-refractivity contribution in [2.75, 3.05) is 19.8 Å². The minimum atomic E-state index is 0.685. The van der Waals surface area contributed by atoms with Crippen molar-refractivity contribution in [2.45, 2.75) is 65.3 Å². The summed E-state index contributed by atoms with van der Waals surface area (Å²) in [6.07, 6.45) is 7.98. The normalized spacial score (nSPS) is 27.0. The van der Waals surface area contributed by atoms with Gasteiger partial charge in [0.15, 0.2) is 0 Å². The van der Waals surface area contributed by atoms with E-state index in [1.165, 1.54) is 32.1 Å². The molecule has 1 atom stereocenters. The first-order valence-electron chi connectivity index (χ1n) is 7.59. The summed E-state index contributed by atoms with van der Waals surface area (Å²) in [7, 11) is 0. The molecular weight excluding hydrogens is 210 g/mol. The Kier molecular flexibility index (Phi) is 7.87. The molecule has 1 unspecified atom stereocenters. The van der Waals surface area contributed by atoms with Crippen molar-refractivity contribution in [2.24, 2.45) is 11.8 Å². The van der Waals surface area contributed by atoms with Crippen LogP contribution >= 0.6 is 0 Å². The van der Waals surface area contributed by atoms with E-state index in [1.807, 2.05) is 0 Å². The standard InChI is InChI=1S/C15H31NO/c1-4-11-17-12-10-15(16-5-2)14-8-6-13(3)7-9-14/h13-16H,4-12H2,1-3H3. The van der Waals surface area contributed by atoms with Gasteiger partial charge in [0.25, 0.3) is 0 Å². The van der Waals surface area contributed by atoms with Gasteiger partial charge in [0.1, 0.15) is 0 Å². The molecule has 0 spiro atoms. The first-order valence-corrected chi connectivity index (χ1v) is 7.59. The molecule has 2 heteroatoms. The summed E-state index contributed by atoms with van der Waals surface area (Å²) >= 11 is 0. The van der Waals surface area contributed by atoms with Crippen molar-refractivity contribution in [3.05, 3.63) is 0 Å². The van der Waals surface area contributed by atoms with Gasteiger partial charge in [-0.2, -0.15) is 0 Å². The van der Waals surface area contributed by atoms with Crippen LogP contribution in [0.4, 0.5) is 0 Å². The van der Waals surface area contributed by atoms with Gasteiger partial charge in [0, 0.05) is 19.3 Å². The van der Waals surface area contributed by atoms with Gasteiger partial charge in [0.2, 0.25) is 0 Å². The number of hydrogen-bond acceptors (Lipinski definition) is 2. The molecule has 0 amide bonds. The largest absolute Gasteiger partial charge is 0.381 e. The Morgan fingerprint density at radius 2 is 1.82 bits per heavy atom. The highest BCUT2D eigenvalue weighted by Gasteiger charge is 2.25. The molecule has 0 heterocycles. The maximum Gasteiger partial charge on any atom is 0.0480 e. The smallest absolute Gasteiger partial charge is 0.0480 e. The van der Waals surface area contributed by atoms with Gasteiger partial charge in [0.05, 0.1) is 0 Å². The minimum Gasteiger partial charge on any atom is -0.381 e. The van der Waals surface area contributed by atoms with Crippen molar-refractivity contribution in [3.63, 3.8) is 0 Å². The maximum atomic E-state index is 5.63. The van der Waals surface area contributed by atoms with Crippen molar-refractivity contribution in [3.8, 4) is 0 Å². The Balaban J connectivity index is 2.26. The van der Waals surface area contributed by atoms with Crippen molar-refractivity contribution in [1.82, 2.24) is 5.32 Å². The summed E-state index contributed by atoms with van der Waals surface area (Å²) in [5, 5.41) is 3.66. The van der Waals surface area contributed by atoms with E-state index in [9.17, 15) is 0 Å². The number of nitrogens with one attached hydrogen (secondary N) is 1. The van der Waals surface area contributed by atoms with Crippen LogP contribution in [0.1, 0.15) is 59.3 Å². The zero-order valence-corrected chi connectivity index (χ0v) is 12.0. The molecule has 1 fully saturated rings. The molecule has 0 aromatic heterocycles. The van der Waals surface area contributed by atoms with Gasteiger partial charge in [-0.1, -0.05) is 33.6 Å². The maximum absolute atomic E-state index is 5.63. The van der Waals surface area contributed by atoms with Crippen LogP contribution in [0.15, 0.2) is 0 Å². The van der Waals surface area contributed by atoms with Crippen LogP contribution in [0.25, 0.3) is 0 Å². The van der Waals surface area contributed by atoms with Gasteiger partial charge < -0.3 is 10.1 Å². The summed E-state index contributed by atoms with van der Waals surface area (Å²) in [4.78, 5) is 0. The number of rotatable bonds is 8. The molecule has 0 aliphatic heterocycles. The first kappa shape index (κ1) is 15.0. The second kappa shape index (κ2) is 8.93. The minimum absolute atomic E-state index is 0.685. The Labute approximate surface area is 108 Å². The SMILES string of the molecule is CCCOCCC(NCC)C1CCC(C)CC1. The molecule has 1 saturated carbocycles. The molecule has 0 radical (unpaired) electrons. The van der Waals surface area contributed by atoms with Crippen LogP contribution in [-0.4, -0.2) is 25.8 Å². The van der Waals surface area contributed by atoms with Crippen LogP contribution < -0.4 is 5.32 Å². The second-order valence-corrected chi connectivity index (χ2v) is 5.59. The monoisotopic (exact) mass is 241 g/mol. The van der Waals surface area contributed by atoms with E-state index in [-0.39, 0.29) is 0 Å². The summed E-state index contributed by atoms with van der Waals surface area (Å²) in [5.41, 5.74) is 0. The van der Waals surface area contributed by atoms with Crippen molar-refractivity contribution in [1.29, 1.82) is 0 Å². The third kappa shape index (κ3) is 5.87. The molecule has 0 saturated heterocycles. The molecule has 2 nitrogen and oxygen atoms in total. The number of hydrogen-bond donors (Lipinski definition) is 1. The summed E-state index contributed by atoms with van der Waals surface area (Å²) in [6, 6.07) is 0.685. The Bertz CT molecular complexity index is 176. The average Bonchev–Trinajstić information content (AvgIpc) is 2.34. The van der Waals surface area contributed by atoms with E-state index in [4.69, 9.17) is 4.74 Å². The Morgan fingerprint density at radius 1 is 1.12 bits per heavy atom. The lowest BCUT2D eigenvalue weighted by atomic mass is 9.78. The highest BCUT2D eigenvalue weighted by Crippen LogP contribution is 2.31. The topological polar surface area (TPSA) is 21.3 Å². The molecular formula is C15H31NO. The fraction of sp³-hybridized carbons (Fsp3) is 1.00. The summed E-state index contributed by atoms with van der Waals surface area (Å²) < 4.78 is 5.63. The fourth-order valence-corrected chi connectivity index (χ4v) is 2.91. The van der Waals surface area contributed by atoms with Crippen LogP contribution in [0, 0.1) is 11.8 Å². The van der Waals surface area contributed by atoms with Gasteiger partial charge >= 0.3 is 0 Å². The van der Waals surface area contributed by atoms with Gasteiger partial charge in [-0.15, -0.1) is 0 Å². The van der Waals surface area contributed by atoms with Gasteiger partial charge in [-0.3, -0.25) is 0 Å². The summed E-state index contributed by atoms with van der Waals surface area (Å²) in [6.45, 7) is 9.71. The van der Waals surface area contributed by atoms with E-state index in [1.54, 1.807) is 0 Å². The highest BCUT2D eigenvalue weighted by atomic mass is 16.5. The molecule has 102 valence electrons. The number of ether oxygens (including phenoxy) is 1. The van der Waals surface area contributed by atoms with E-state index < -0.39 is 0 Å². The lowest BCUT2D eigenvalue weighted by Crippen LogP contribution is -2.38. The van der Waals surface area contributed by atoms with Crippen LogP contribution in [0.5, 0.6) is 0 Å².